The zero-order chi connectivity index (χ0) is 13.8. The van der Waals surface area contributed by atoms with Crippen LogP contribution in [-0.2, 0) is 6.42 Å². The maximum absolute atomic E-state index is 5.70. The van der Waals surface area contributed by atoms with Crippen molar-refractivity contribution in [3.8, 4) is 11.1 Å². The summed E-state index contributed by atoms with van der Waals surface area (Å²) in [4.78, 5) is 0. The van der Waals surface area contributed by atoms with Crippen molar-refractivity contribution in [3.05, 3.63) is 90.0 Å². The topological polar surface area (TPSA) is 26.0 Å². The van der Waals surface area contributed by atoms with Gasteiger partial charge in [0.05, 0.1) is 0 Å². The largest absolute Gasteiger partial charge is 0.399 e. The number of hydrogen-bond acceptors (Lipinski definition) is 1. The summed E-state index contributed by atoms with van der Waals surface area (Å²) in [6, 6.07) is 27.3. The van der Waals surface area contributed by atoms with E-state index >= 15 is 0 Å². The molecule has 3 rings (SSSR count). The minimum absolute atomic E-state index is 0.813. The molecule has 0 radical (unpaired) electrons. The van der Waals surface area contributed by atoms with Gasteiger partial charge >= 0.3 is 0 Å². The Bertz CT molecular complexity index is 667. The number of hydrogen-bond donors (Lipinski definition) is 1. The van der Waals surface area contributed by atoms with E-state index in [2.05, 4.69) is 60.7 Å². The van der Waals surface area contributed by atoms with Gasteiger partial charge in [-0.2, -0.15) is 0 Å². The third-order valence-corrected chi connectivity index (χ3v) is 3.45. The fourth-order valence-electron chi connectivity index (χ4n) is 2.32. The minimum atomic E-state index is 0.813. The average Bonchev–Trinajstić information content (AvgIpc) is 2.51. The first kappa shape index (κ1) is 12.5. The van der Waals surface area contributed by atoms with Crippen molar-refractivity contribution in [3.63, 3.8) is 0 Å². The van der Waals surface area contributed by atoms with Crippen LogP contribution in [0.1, 0.15) is 11.1 Å². The molecule has 0 bridgehead atoms. The molecule has 20 heavy (non-hydrogen) atoms. The van der Waals surface area contributed by atoms with Crippen LogP contribution in [0.25, 0.3) is 11.1 Å². The van der Waals surface area contributed by atoms with Gasteiger partial charge in [0.2, 0.25) is 0 Å². The highest BCUT2D eigenvalue weighted by molar-refractivity contribution is 5.63. The molecule has 0 aromatic heterocycles. The minimum Gasteiger partial charge on any atom is -0.399 e. The Kier molecular flexibility index (Phi) is 3.51. The fraction of sp³-hybridized carbons (Fsp3) is 0.0526. The SMILES string of the molecule is Nc1ccc(Cc2ccc(-c3ccccc3)cc2)cc1. The van der Waals surface area contributed by atoms with Gasteiger partial charge in [0.15, 0.2) is 0 Å². The van der Waals surface area contributed by atoms with Crippen molar-refractivity contribution in [2.45, 2.75) is 6.42 Å². The lowest BCUT2D eigenvalue weighted by Gasteiger charge is -2.05. The monoisotopic (exact) mass is 259 g/mol. The van der Waals surface area contributed by atoms with E-state index in [-0.39, 0.29) is 0 Å². The molecule has 0 spiro atoms. The fourth-order valence-corrected chi connectivity index (χ4v) is 2.32. The van der Waals surface area contributed by atoms with Crippen LogP contribution < -0.4 is 5.73 Å². The molecule has 0 unspecified atom stereocenters. The van der Waals surface area contributed by atoms with E-state index < -0.39 is 0 Å². The predicted octanol–water partition coefficient (Wildman–Crippen LogP) is 4.53. The van der Waals surface area contributed by atoms with E-state index in [1.165, 1.54) is 22.3 Å². The highest BCUT2D eigenvalue weighted by Crippen LogP contribution is 2.20. The molecule has 0 saturated heterocycles. The van der Waals surface area contributed by atoms with Gasteiger partial charge < -0.3 is 5.73 Å². The summed E-state index contributed by atoms with van der Waals surface area (Å²) in [5.41, 5.74) is 11.6. The first-order valence-electron chi connectivity index (χ1n) is 6.80. The highest BCUT2D eigenvalue weighted by Gasteiger charge is 1.99. The van der Waals surface area contributed by atoms with E-state index in [1.807, 2.05) is 18.2 Å². The van der Waals surface area contributed by atoms with Gasteiger partial charge in [0.1, 0.15) is 0 Å². The van der Waals surface area contributed by atoms with Gasteiger partial charge in [-0.1, -0.05) is 66.7 Å². The van der Waals surface area contributed by atoms with Crippen LogP contribution in [0.2, 0.25) is 0 Å². The van der Waals surface area contributed by atoms with Crippen LogP contribution in [0, 0.1) is 0 Å². The second-order valence-corrected chi connectivity index (χ2v) is 4.98. The molecule has 1 heteroatoms. The van der Waals surface area contributed by atoms with Gasteiger partial charge in [-0.05, 0) is 40.8 Å². The number of benzene rings is 3. The third-order valence-electron chi connectivity index (χ3n) is 3.45. The Balaban J connectivity index is 1.78. The van der Waals surface area contributed by atoms with Crippen molar-refractivity contribution < 1.29 is 0 Å². The summed E-state index contributed by atoms with van der Waals surface area (Å²) in [5.74, 6) is 0. The molecule has 3 aromatic carbocycles. The molecule has 0 aliphatic carbocycles. The summed E-state index contributed by atoms with van der Waals surface area (Å²) in [5, 5.41) is 0. The van der Waals surface area contributed by atoms with E-state index in [0.717, 1.165) is 12.1 Å². The summed E-state index contributed by atoms with van der Waals surface area (Å²) in [6.45, 7) is 0. The van der Waals surface area contributed by atoms with E-state index in [9.17, 15) is 0 Å². The first-order chi connectivity index (χ1) is 9.81. The molecule has 0 atom stereocenters. The van der Waals surface area contributed by atoms with Crippen molar-refractivity contribution >= 4 is 5.69 Å². The molecule has 0 heterocycles. The zero-order valence-corrected chi connectivity index (χ0v) is 11.3. The Morgan fingerprint density at radius 2 is 1.05 bits per heavy atom. The summed E-state index contributed by atoms with van der Waals surface area (Å²) < 4.78 is 0. The number of nitrogen functional groups attached to an aromatic ring is 1. The molecule has 2 N–H and O–H groups in total. The Hall–Kier alpha value is -2.54. The molecule has 0 saturated carbocycles. The lowest BCUT2D eigenvalue weighted by Crippen LogP contribution is -1.90. The highest BCUT2D eigenvalue weighted by atomic mass is 14.5. The number of rotatable bonds is 3. The lowest BCUT2D eigenvalue weighted by molar-refractivity contribution is 1.19. The standard InChI is InChI=1S/C19H17N/c20-19-12-8-16(9-13-19)14-15-6-10-18(11-7-15)17-4-2-1-3-5-17/h1-13H,14,20H2. The van der Waals surface area contributed by atoms with Gasteiger partial charge in [-0.25, -0.2) is 0 Å². The van der Waals surface area contributed by atoms with Crippen molar-refractivity contribution in [1.29, 1.82) is 0 Å². The average molecular weight is 259 g/mol. The van der Waals surface area contributed by atoms with Gasteiger partial charge in [0, 0.05) is 5.69 Å². The normalized spacial score (nSPS) is 10.4. The first-order valence-corrected chi connectivity index (χ1v) is 6.80. The molecular formula is C19H17N. The molecule has 1 nitrogen and oxygen atoms in total. The lowest BCUT2D eigenvalue weighted by atomic mass is 10.0. The van der Waals surface area contributed by atoms with Gasteiger partial charge in [-0.3, -0.25) is 0 Å². The number of nitrogens with two attached hydrogens (primary N) is 1. The molecule has 0 fully saturated rings. The van der Waals surface area contributed by atoms with Gasteiger partial charge in [0.25, 0.3) is 0 Å². The van der Waals surface area contributed by atoms with Crippen LogP contribution in [0.5, 0.6) is 0 Å². The molecule has 98 valence electrons. The summed E-state index contributed by atoms with van der Waals surface area (Å²) in [6.07, 6.45) is 0.940. The second-order valence-electron chi connectivity index (χ2n) is 4.98. The smallest absolute Gasteiger partial charge is 0.0314 e. The van der Waals surface area contributed by atoms with Crippen molar-refractivity contribution in [2.75, 3.05) is 5.73 Å². The van der Waals surface area contributed by atoms with Gasteiger partial charge in [-0.15, -0.1) is 0 Å². The Morgan fingerprint density at radius 3 is 1.65 bits per heavy atom. The van der Waals surface area contributed by atoms with Crippen molar-refractivity contribution in [1.82, 2.24) is 0 Å². The van der Waals surface area contributed by atoms with Crippen LogP contribution in [0.4, 0.5) is 5.69 Å². The molecule has 3 aromatic rings. The van der Waals surface area contributed by atoms with Crippen LogP contribution in [0.15, 0.2) is 78.9 Å². The maximum atomic E-state index is 5.70. The quantitative estimate of drug-likeness (QED) is 0.687. The van der Waals surface area contributed by atoms with E-state index in [4.69, 9.17) is 5.73 Å². The van der Waals surface area contributed by atoms with Crippen LogP contribution >= 0.6 is 0 Å². The second kappa shape index (κ2) is 5.62. The Morgan fingerprint density at radius 1 is 0.550 bits per heavy atom. The third kappa shape index (κ3) is 2.89. The molecule has 0 amide bonds. The maximum Gasteiger partial charge on any atom is 0.0314 e. The molecule has 0 aliphatic heterocycles. The molecule has 0 aliphatic rings. The molecular weight excluding hydrogens is 242 g/mol. The van der Waals surface area contributed by atoms with E-state index in [1.54, 1.807) is 0 Å². The number of anilines is 1. The zero-order valence-electron chi connectivity index (χ0n) is 11.3. The summed E-state index contributed by atoms with van der Waals surface area (Å²) in [7, 11) is 0. The van der Waals surface area contributed by atoms with Crippen molar-refractivity contribution in [2.24, 2.45) is 0 Å². The van der Waals surface area contributed by atoms with Crippen LogP contribution in [0.3, 0.4) is 0 Å². The Labute approximate surface area is 119 Å². The van der Waals surface area contributed by atoms with Crippen LogP contribution in [-0.4, -0.2) is 0 Å². The van der Waals surface area contributed by atoms with E-state index in [0.29, 0.717) is 0 Å². The predicted molar refractivity (Wildman–Crippen MR) is 85.5 cm³/mol. The summed E-state index contributed by atoms with van der Waals surface area (Å²) >= 11 is 0.